The van der Waals surface area contributed by atoms with Crippen LogP contribution in [0.4, 0.5) is 9.52 Å². The first-order valence-electron chi connectivity index (χ1n) is 11.3. The summed E-state index contributed by atoms with van der Waals surface area (Å²) < 4.78 is 20.1. The molecule has 2 atom stereocenters. The van der Waals surface area contributed by atoms with Gasteiger partial charge in [0.15, 0.2) is 5.13 Å². The molecule has 2 aliphatic heterocycles. The molecule has 1 saturated heterocycles. The van der Waals surface area contributed by atoms with Gasteiger partial charge in [0.25, 0.3) is 5.78 Å². The van der Waals surface area contributed by atoms with Crippen molar-refractivity contribution >= 4 is 67.3 Å². The van der Waals surface area contributed by atoms with Gasteiger partial charge in [-0.2, -0.15) is 0 Å². The van der Waals surface area contributed by atoms with E-state index in [1.54, 1.807) is 36.4 Å². The first kappa shape index (κ1) is 23.9. The quantitative estimate of drug-likeness (QED) is 0.173. The van der Waals surface area contributed by atoms with Gasteiger partial charge in [0.2, 0.25) is 0 Å². The Kier molecular flexibility index (Phi) is 5.71. The maximum atomic E-state index is 13.8. The number of carbonyl (C=O) groups excluding carboxylic acids is 2. The number of rotatable bonds is 3. The third-order valence-corrected chi connectivity index (χ3v) is 8.18. The maximum absolute atomic E-state index is 13.8. The highest BCUT2D eigenvalue weighted by molar-refractivity contribution is 7.22. The Bertz CT molecular complexity index is 1670. The van der Waals surface area contributed by atoms with E-state index in [-0.39, 0.29) is 27.6 Å². The molecule has 2 aliphatic rings. The van der Waals surface area contributed by atoms with Crippen LogP contribution in [0.5, 0.6) is 5.75 Å². The SMILES string of the molecule is C[C@@H]1Cc2cc(/C(O)=C3\C(=O)C(=O)N(c4nc5ccc(F)cc5s4)[C@H]3c3ccc(Cl)c(Cl)c3)ccc2O1. The van der Waals surface area contributed by atoms with Gasteiger partial charge >= 0.3 is 5.91 Å². The number of anilines is 1. The summed E-state index contributed by atoms with van der Waals surface area (Å²) in [7, 11) is 0. The number of hydrogen-bond acceptors (Lipinski definition) is 6. The summed E-state index contributed by atoms with van der Waals surface area (Å²) >= 11 is 13.5. The number of ketones is 1. The van der Waals surface area contributed by atoms with Crippen LogP contribution in [-0.2, 0) is 16.0 Å². The molecule has 0 aliphatic carbocycles. The molecule has 1 N–H and O–H groups in total. The minimum atomic E-state index is -1.04. The second-order valence-corrected chi connectivity index (χ2v) is 10.7. The predicted octanol–water partition coefficient (Wildman–Crippen LogP) is 6.69. The van der Waals surface area contributed by atoms with E-state index in [0.717, 1.165) is 16.9 Å². The number of amides is 1. The number of Topliss-reactive ketones (excluding diaryl/α,β-unsaturated/α-hetero) is 1. The minimum Gasteiger partial charge on any atom is -0.507 e. The molecule has 1 aromatic heterocycles. The minimum absolute atomic E-state index is 0.00180. The molecule has 4 aromatic rings. The van der Waals surface area contributed by atoms with Gasteiger partial charge in [-0.3, -0.25) is 14.5 Å². The van der Waals surface area contributed by atoms with Gasteiger partial charge in [0.05, 0.1) is 31.9 Å². The lowest BCUT2D eigenvalue weighted by atomic mass is 9.94. The molecule has 1 fully saturated rings. The number of hydrogen-bond donors (Lipinski definition) is 1. The van der Waals surface area contributed by atoms with Crippen LogP contribution in [0.1, 0.15) is 29.7 Å². The van der Waals surface area contributed by atoms with Crippen LogP contribution in [0.2, 0.25) is 10.0 Å². The van der Waals surface area contributed by atoms with Crippen molar-refractivity contribution in [3.05, 3.63) is 92.7 Å². The topological polar surface area (TPSA) is 79.7 Å². The molecule has 0 saturated carbocycles. The van der Waals surface area contributed by atoms with E-state index in [4.69, 9.17) is 27.9 Å². The van der Waals surface area contributed by atoms with Gasteiger partial charge in [-0.15, -0.1) is 0 Å². The van der Waals surface area contributed by atoms with E-state index in [9.17, 15) is 19.1 Å². The number of nitrogens with zero attached hydrogens (tertiary/aromatic N) is 2. The number of fused-ring (bicyclic) bond motifs is 2. The van der Waals surface area contributed by atoms with E-state index in [1.807, 2.05) is 6.92 Å². The van der Waals surface area contributed by atoms with Crippen LogP contribution < -0.4 is 9.64 Å². The molecular formula is C27H17Cl2FN2O4S. The smallest absolute Gasteiger partial charge is 0.301 e. The van der Waals surface area contributed by atoms with E-state index in [1.165, 1.54) is 23.1 Å². The molecule has 0 radical (unpaired) electrons. The summed E-state index contributed by atoms with van der Waals surface area (Å²) in [6, 6.07) is 12.9. The zero-order chi connectivity index (χ0) is 26.0. The Morgan fingerprint density at radius 2 is 1.92 bits per heavy atom. The molecular weight excluding hydrogens is 538 g/mol. The zero-order valence-corrected chi connectivity index (χ0v) is 21.5. The predicted molar refractivity (Wildman–Crippen MR) is 141 cm³/mol. The van der Waals surface area contributed by atoms with Gasteiger partial charge in [0.1, 0.15) is 23.4 Å². The number of benzene rings is 3. The van der Waals surface area contributed by atoms with E-state index < -0.39 is 23.5 Å². The Morgan fingerprint density at radius 3 is 2.70 bits per heavy atom. The van der Waals surface area contributed by atoms with E-state index >= 15 is 0 Å². The van der Waals surface area contributed by atoms with Crippen LogP contribution in [0, 0.1) is 5.82 Å². The molecule has 1 amide bonds. The summed E-state index contributed by atoms with van der Waals surface area (Å²) in [5, 5.41) is 12.1. The molecule has 10 heteroatoms. The van der Waals surface area contributed by atoms with E-state index in [0.29, 0.717) is 38.5 Å². The fraction of sp³-hybridized carbons (Fsp3) is 0.148. The van der Waals surface area contributed by atoms with Gasteiger partial charge in [0, 0.05) is 12.0 Å². The zero-order valence-electron chi connectivity index (χ0n) is 19.2. The van der Waals surface area contributed by atoms with E-state index in [2.05, 4.69) is 4.98 Å². The number of thiazole rings is 1. The lowest BCUT2D eigenvalue weighted by molar-refractivity contribution is -0.132. The monoisotopic (exact) mass is 554 g/mol. The molecule has 3 heterocycles. The second-order valence-electron chi connectivity index (χ2n) is 8.91. The highest BCUT2D eigenvalue weighted by atomic mass is 35.5. The number of carbonyl (C=O) groups is 2. The third kappa shape index (κ3) is 3.96. The van der Waals surface area contributed by atoms with Crippen molar-refractivity contribution in [1.29, 1.82) is 0 Å². The Morgan fingerprint density at radius 1 is 1.11 bits per heavy atom. The summed E-state index contributed by atoms with van der Waals surface area (Å²) in [6.07, 6.45) is 0.654. The highest BCUT2D eigenvalue weighted by Crippen LogP contribution is 2.45. The van der Waals surface area contributed by atoms with Crippen molar-refractivity contribution in [3.8, 4) is 5.75 Å². The highest BCUT2D eigenvalue weighted by Gasteiger charge is 2.48. The third-order valence-electron chi connectivity index (χ3n) is 6.42. The Labute approximate surface area is 224 Å². The Balaban J connectivity index is 1.55. The summed E-state index contributed by atoms with van der Waals surface area (Å²) in [5.41, 5.74) is 2.10. The maximum Gasteiger partial charge on any atom is 0.301 e. The van der Waals surface area contributed by atoms with Crippen LogP contribution in [0.3, 0.4) is 0 Å². The lowest BCUT2D eigenvalue weighted by Gasteiger charge is -2.23. The second kappa shape index (κ2) is 8.83. The largest absolute Gasteiger partial charge is 0.507 e. The van der Waals surface area contributed by atoms with Gasteiger partial charge < -0.3 is 9.84 Å². The van der Waals surface area contributed by atoms with Crippen molar-refractivity contribution in [2.24, 2.45) is 0 Å². The Hall–Kier alpha value is -3.46. The lowest BCUT2D eigenvalue weighted by Crippen LogP contribution is -2.29. The standard InChI is InChI=1S/C27H17Cl2FN2O4S/c1-12-8-15-9-14(3-7-20(15)36-12)24(33)22-23(13-2-5-17(28)18(29)10-13)32(26(35)25(22)34)27-31-19-6-4-16(30)11-21(19)37-27/h2-7,9-12,23,33H,8H2,1H3/b24-22+/t12-,23+/m1/s1. The molecule has 6 nitrogen and oxygen atoms in total. The summed E-state index contributed by atoms with van der Waals surface area (Å²) in [6.45, 7) is 1.94. The first-order chi connectivity index (χ1) is 17.7. The number of aliphatic hydroxyl groups is 1. The van der Waals surface area contributed by atoms with Crippen molar-refractivity contribution < 1.29 is 23.8 Å². The molecule has 6 rings (SSSR count). The molecule has 186 valence electrons. The van der Waals surface area contributed by atoms with Crippen LogP contribution in [-0.4, -0.2) is 27.9 Å². The fourth-order valence-corrected chi connectivity index (χ4v) is 6.07. The van der Waals surface area contributed by atoms with Crippen LogP contribution in [0.15, 0.2) is 60.2 Å². The fourth-order valence-electron chi connectivity index (χ4n) is 4.74. The molecule has 0 bridgehead atoms. The normalized spacial score (nSPS) is 20.5. The van der Waals surface area contributed by atoms with Gasteiger partial charge in [-0.05, 0) is 66.6 Å². The molecule has 37 heavy (non-hydrogen) atoms. The first-order valence-corrected chi connectivity index (χ1v) is 12.9. The summed E-state index contributed by atoms with van der Waals surface area (Å²) in [4.78, 5) is 32.5. The van der Waals surface area contributed by atoms with Crippen molar-refractivity contribution in [2.45, 2.75) is 25.5 Å². The molecule has 0 spiro atoms. The van der Waals surface area contributed by atoms with Crippen LogP contribution in [0.25, 0.3) is 16.0 Å². The summed E-state index contributed by atoms with van der Waals surface area (Å²) in [5.74, 6) is -1.79. The van der Waals surface area contributed by atoms with Crippen molar-refractivity contribution in [3.63, 3.8) is 0 Å². The number of halogens is 3. The van der Waals surface area contributed by atoms with Crippen molar-refractivity contribution in [1.82, 2.24) is 4.98 Å². The van der Waals surface area contributed by atoms with Crippen molar-refractivity contribution in [2.75, 3.05) is 4.90 Å². The number of aromatic nitrogens is 1. The average molecular weight is 555 g/mol. The van der Waals surface area contributed by atoms with Gasteiger partial charge in [-0.25, -0.2) is 9.37 Å². The molecule has 3 aromatic carbocycles. The van der Waals surface area contributed by atoms with Crippen LogP contribution >= 0.6 is 34.5 Å². The average Bonchev–Trinajstić information content (AvgIpc) is 3.52. The number of aliphatic hydroxyl groups excluding tert-OH is 1. The number of ether oxygens (including phenoxy) is 1. The van der Waals surface area contributed by atoms with Gasteiger partial charge in [-0.1, -0.05) is 40.6 Å². The molecule has 0 unspecified atom stereocenters.